The van der Waals surface area contributed by atoms with Crippen LogP contribution in [0, 0.1) is 6.92 Å². The molecule has 2 aromatic rings. The third-order valence-corrected chi connectivity index (χ3v) is 4.10. The highest BCUT2D eigenvalue weighted by Crippen LogP contribution is 2.24. The normalized spacial score (nSPS) is 15.3. The molecule has 1 aliphatic rings. The van der Waals surface area contributed by atoms with Crippen molar-refractivity contribution in [3.63, 3.8) is 0 Å². The lowest BCUT2D eigenvalue weighted by Crippen LogP contribution is -2.29. The molecule has 0 N–H and O–H groups in total. The van der Waals surface area contributed by atoms with E-state index in [9.17, 15) is 0 Å². The Morgan fingerprint density at radius 2 is 1.71 bits per heavy atom. The van der Waals surface area contributed by atoms with E-state index in [1.54, 1.807) is 0 Å². The fourth-order valence-electron chi connectivity index (χ4n) is 2.76. The van der Waals surface area contributed by atoms with Crippen LogP contribution in [-0.4, -0.2) is 17.7 Å². The summed E-state index contributed by atoms with van der Waals surface area (Å²) in [7, 11) is 3.98. The largest absolute Gasteiger partial charge is 0.421 e. The van der Waals surface area contributed by atoms with Crippen molar-refractivity contribution < 1.29 is 4.57 Å². The van der Waals surface area contributed by atoms with Crippen molar-refractivity contribution in [3.8, 4) is 0 Å². The molecule has 0 bridgehead atoms. The average Bonchev–Trinajstić information content (AvgIpc) is 3.09. The van der Waals surface area contributed by atoms with Crippen molar-refractivity contribution in [1.82, 2.24) is 4.57 Å². The van der Waals surface area contributed by atoms with Crippen LogP contribution in [0.3, 0.4) is 0 Å². The van der Waals surface area contributed by atoms with Gasteiger partial charge in [-0.05, 0) is 44.0 Å². The molecule has 1 fully saturated rings. The second-order valence-corrected chi connectivity index (χ2v) is 5.65. The maximum absolute atomic E-state index is 4.36. The molecule has 0 spiro atoms. The molecular formula is C16H22N5+. The number of benzene rings is 1. The molecule has 3 rings (SSSR count). The molecule has 5 heteroatoms. The maximum Gasteiger partial charge on any atom is 0.421 e. The first-order valence-electron chi connectivity index (χ1n) is 7.44. The number of hydrogen-bond donors (Lipinski definition) is 0. The van der Waals surface area contributed by atoms with Gasteiger partial charge in [-0.25, -0.2) is 9.13 Å². The fourth-order valence-corrected chi connectivity index (χ4v) is 2.76. The molecule has 0 unspecified atom stereocenters. The predicted octanol–water partition coefficient (Wildman–Crippen LogP) is 3.17. The molecule has 2 heterocycles. The van der Waals surface area contributed by atoms with Crippen LogP contribution in [-0.2, 0) is 14.1 Å². The molecule has 1 aliphatic heterocycles. The van der Waals surface area contributed by atoms with Crippen molar-refractivity contribution in [3.05, 3.63) is 36.2 Å². The zero-order valence-corrected chi connectivity index (χ0v) is 13.0. The summed E-state index contributed by atoms with van der Waals surface area (Å²) in [6.45, 7) is 4.39. The van der Waals surface area contributed by atoms with E-state index in [2.05, 4.69) is 34.2 Å². The number of aromatic nitrogens is 2. The Balaban J connectivity index is 1.77. The highest BCUT2D eigenvalue weighted by Gasteiger charge is 2.15. The summed E-state index contributed by atoms with van der Waals surface area (Å²) in [5.74, 6) is 0.844. The van der Waals surface area contributed by atoms with E-state index in [0.29, 0.717) is 0 Å². The Labute approximate surface area is 125 Å². The van der Waals surface area contributed by atoms with Gasteiger partial charge in [-0.2, -0.15) is 0 Å². The minimum Gasteiger partial charge on any atom is -0.372 e. The van der Waals surface area contributed by atoms with Crippen LogP contribution >= 0.6 is 0 Å². The number of imidazole rings is 1. The third-order valence-electron chi connectivity index (χ3n) is 4.10. The number of rotatable bonds is 3. The summed E-state index contributed by atoms with van der Waals surface area (Å²) in [5.41, 5.74) is 3.33. The lowest BCUT2D eigenvalue weighted by atomic mass is 10.2. The molecule has 110 valence electrons. The van der Waals surface area contributed by atoms with E-state index < -0.39 is 0 Å². The van der Waals surface area contributed by atoms with Gasteiger partial charge in [-0.15, -0.1) is 0 Å². The molecule has 21 heavy (non-hydrogen) atoms. The zero-order valence-electron chi connectivity index (χ0n) is 13.0. The molecule has 1 aromatic carbocycles. The lowest BCUT2D eigenvalue weighted by Gasteiger charge is -2.16. The van der Waals surface area contributed by atoms with Gasteiger partial charge >= 0.3 is 5.95 Å². The lowest BCUT2D eigenvalue weighted by molar-refractivity contribution is -0.663. The van der Waals surface area contributed by atoms with Gasteiger partial charge in [0, 0.05) is 23.9 Å². The van der Waals surface area contributed by atoms with E-state index in [0.717, 1.165) is 17.3 Å². The molecule has 5 nitrogen and oxygen atoms in total. The highest BCUT2D eigenvalue weighted by molar-refractivity contribution is 5.53. The van der Waals surface area contributed by atoms with Gasteiger partial charge in [0.15, 0.2) is 0 Å². The summed E-state index contributed by atoms with van der Waals surface area (Å²) >= 11 is 0. The van der Waals surface area contributed by atoms with Crippen LogP contribution < -0.4 is 9.47 Å². The number of hydrogen-bond acceptors (Lipinski definition) is 3. The van der Waals surface area contributed by atoms with Crippen LogP contribution in [0.5, 0.6) is 0 Å². The molecule has 0 saturated carbocycles. The first-order valence-corrected chi connectivity index (χ1v) is 7.44. The summed E-state index contributed by atoms with van der Waals surface area (Å²) < 4.78 is 4.01. The summed E-state index contributed by atoms with van der Waals surface area (Å²) in [4.78, 5) is 2.42. The quantitative estimate of drug-likeness (QED) is 0.630. The van der Waals surface area contributed by atoms with Crippen molar-refractivity contribution in [1.29, 1.82) is 0 Å². The molecule has 0 amide bonds. The summed E-state index contributed by atoms with van der Waals surface area (Å²) in [6, 6.07) is 8.34. The Kier molecular flexibility index (Phi) is 3.73. The van der Waals surface area contributed by atoms with Gasteiger partial charge in [0.1, 0.15) is 11.4 Å². The molecule has 0 aliphatic carbocycles. The third kappa shape index (κ3) is 2.82. The standard InChI is InChI=1S/C16H22N5/c1-13-12-19(2)16(20(13)3)18-17-14-6-8-15(9-7-14)21-10-4-5-11-21/h6-9,12H,4-5,10-11H2,1-3H3/q+1. The van der Waals surface area contributed by atoms with Crippen LogP contribution in [0.25, 0.3) is 0 Å². The molecule has 1 saturated heterocycles. The topological polar surface area (TPSA) is 36.8 Å². The van der Waals surface area contributed by atoms with Crippen molar-refractivity contribution in [2.75, 3.05) is 18.0 Å². The predicted molar refractivity (Wildman–Crippen MR) is 83.4 cm³/mol. The van der Waals surface area contributed by atoms with E-state index in [4.69, 9.17) is 0 Å². The number of azo groups is 1. The van der Waals surface area contributed by atoms with Crippen molar-refractivity contribution in [2.45, 2.75) is 19.8 Å². The van der Waals surface area contributed by atoms with Crippen molar-refractivity contribution >= 4 is 17.3 Å². The van der Waals surface area contributed by atoms with Crippen LogP contribution in [0.4, 0.5) is 17.3 Å². The van der Waals surface area contributed by atoms with Crippen LogP contribution in [0.15, 0.2) is 40.7 Å². The monoisotopic (exact) mass is 284 g/mol. The Morgan fingerprint density at radius 3 is 2.29 bits per heavy atom. The van der Waals surface area contributed by atoms with Gasteiger partial charge in [0.25, 0.3) is 0 Å². The summed E-state index contributed by atoms with van der Waals surface area (Å²) in [6.07, 6.45) is 4.64. The molecule has 1 aromatic heterocycles. The first-order chi connectivity index (χ1) is 10.1. The number of aryl methyl sites for hydroxylation is 2. The molecule has 0 radical (unpaired) electrons. The maximum atomic E-state index is 4.36. The van der Waals surface area contributed by atoms with E-state index in [1.165, 1.54) is 31.6 Å². The molecular weight excluding hydrogens is 262 g/mol. The Hall–Kier alpha value is -2.17. The van der Waals surface area contributed by atoms with Gasteiger partial charge < -0.3 is 4.90 Å². The smallest absolute Gasteiger partial charge is 0.372 e. The van der Waals surface area contributed by atoms with E-state index in [-0.39, 0.29) is 0 Å². The average molecular weight is 284 g/mol. The number of nitrogens with zero attached hydrogens (tertiary/aromatic N) is 5. The van der Waals surface area contributed by atoms with E-state index in [1.807, 2.05) is 41.6 Å². The van der Waals surface area contributed by atoms with Crippen molar-refractivity contribution in [2.24, 2.45) is 24.3 Å². The summed E-state index contributed by atoms with van der Waals surface area (Å²) in [5, 5.41) is 8.70. The highest BCUT2D eigenvalue weighted by atomic mass is 15.3. The number of anilines is 1. The Bertz CT molecular complexity index is 648. The SMILES string of the molecule is Cc1cn(C)c(/N=N/c2ccc(N3CCCC3)cc2)[n+]1C. The van der Waals surface area contributed by atoms with Gasteiger partial charge in [0.05, 0.1) is 20.3 Å². The minimum absolute atomic E-state index is 0.844. The van der Waals surface area contributed by atoms with Gasteiger partial charge in [-0.1, -0.05) is 5.11 Å². The minimum atomic E-state index is 0.844. The Morgan fingerprint density at radius 1 is 1.05 bits per heavy atom. The van der Waals surface area contributed by atoms with Crippen LogP contribution in [0.2, 0.25) is 0 Å². The van der Waals surface area contributed by atoms with Crippen LogP contribution in [0.1, 0.15) is 18.5 Å². The zero-order chi connectivity index (χ0) is 14.8. The van der Waals surface area contributed by atoms with E-state index >= 15 is 0 Å². The van der Waals surface area contributed by atoms with Gasteiger partial charge in [-0.3, -0.25) is 0 Å². The second kappa shape index (κ2) is 5.68. The first kappa shape index (κ1) is 13.8. The molecule has 0 atom stereocenters. The second-order valence-electron chi connectivity index (χ2n) is 5.65. The fraction of sp³-hybridized carbons (Fsp3) is 0.438. The van der Waals surface area contributed by atoms with Gasteiger partial charge in [0.2, 0.25) is 0 Å².